The van der Waals surface area contributed by atoms with Gasteiger partial charge in [-0.25, -0.2) is 4.79 Å². The molecule has 1 aliphatic rings. The maximum absolute atomic E-state index is 12.2. The first-order valence-electron chi connectivity index (χ1n) is 7.64. The summed E-state index contributed by atoms with van der Waals surface area (Å²) >= 11 is 5.90. The lowest BCUT2D eigenvalue weighted by Crippen LogP contribution is -2.46. The Morgan fingerprint density at radius 2 is 2.22 bits per heavy atom. The standard InChI is InChI=1S/C17H22ClN3O2/c1-4-9-21(17(22)19-12(2)3)11-15-10-16(20-23-15)13-5-7-14(18)8-6-13/h4-8,12,15H,1,9-11H2,2-3H3,(H,19,22)/t15-/m0/s1. The van der Waals surface area contributed by atoms with Gasteiger partial charge in [-0.3, -0.25) is 0 Å². The zero-order chi connectivity index (χ0) is 16.8. The Kier molecular flexibility index (Phi) is 6.04. The number of nitrogens with one attached hydrogen (secondary N) is 1. The maximum atomic E-state index is 12.2. The highest BCUT2D eigenvalue weighted by molar-refractivity contribution is 6.30. The minimum absolute atomic E-state index is 0.0835. The fourth-order valence-electron chi connectivity index (χ4n) is 2.32. The number of hydrogen-bond donors (Lipinski definition) is 1. The number of hydrogen-bond acceptors (Lipinski definition) is 3. The van der Waals surface area contributed by atoms with Gasteiger partial charge in [0.2, 0.25) is 0 Å². The second-order valence-corrected chi connectivity index (χ2v) is 6.21. The summed E-state index contributed by atoms with van der Waals surface area (Å²) < 4.78 is 0. The zero-order valence-corrected chi connectivity index (χ0v) is 14.2. The first-order valence-corrected chi connectivity index (χ1v) is 8.02. The second kappa shape index (κ2) is 8.02. The number of nitrogens with zero attached hydrogens (tertiary/aromatic N) is 2. The van der Waals surface area contributed by atoms with Crippen molar-refractivity contribution in [2.75, 3.05) is 13.1 Å². The Labute approximate surface area is 141 Å². The molecule has 2 amide bonds. The van der Waals surface area contributed by atoms with Crippen LogP contribution in [0.2, 0.25) is 5.02 Å². The molecule has 0 spiro atoms. The summed E-state index contributed by atoms with van der Waals surface area (Å²) in [7, 11) is 0. The van der Waals surface area contributed by atoms with Crippen LogP contribution in [0.4, 0.5) is 4.79 Å². The smallest absolute Gasteiger partial charge is 0.318 e. The lowest BCUT2D eigenvalue weighted by molar-refractivity contribution is 0.0626. The van der Waals surface area contributed by atoms with Gasteiger partial charge < -0.3 is 15.1 Å². The van der Waals surface area contributed by atoms with E-state index in [2.05, 4.69) is 17.1 Å². The van der Waals surface area contributed by atoms with E-state index in [1.54, 1.807) is 11.0 Å². The van der Waals surface area contributed by atoms with Crippen LogP contribution in [-0.2, 0) is 4.84 Å². The first kappa shape index (κ1) is 17.3. The van der Waals surface area contributed by atoms with Crippen molar-refractivity contribution in [1.29, 1.82) is 0 Å². The number of amides is 2. The molecule has 124 valence electrons. The van der Waals surface area contributed by atoms with Crippen LogP contribution in [0.25, 0.3) is 0 Å². The summed E-state index contributed by atoms with van der Waals surface area (Å²) in [5.74, 6) is 0. The fourth-order valence-corrected chi connectivity index (χ4v) is 2.45. The predicted molar refractivity (Wildman–Crippen MR) is 92.9 cm³/mol. The van der Waals surface area contributed by atoms with Crippen molar-refractivity contribution in [2.45, 2.75) is 32.4 Å². The minimum atomic E-state index is -0.154. The monoisotopic (exact) mass is 335 g/mol. The van der Waals surface area contributed by atoms with Crippen LogP contribution in [0.3, 0.4) is 0 Å². The SMILES string of the molecule is C=CCN(C[C@@H]1CC(c2ccc(Cl)cc2)=NO1)C(=O)NC(C)C. The van der Waals surface area contributed by atoms with Gasteiger partial charge in [-0.1, -0.05) is 35.0 Å². The van der Waals surface area contributed by atoms with Crippen molar-refractivity contribution in [3.63, 3.8) is 0 Å². The summed E-state index contributed by atoms with van der Waals surface area (Å²) in [6.45, 7) is 8.49. The van der Waals surface area contributed by atoms with Crippen LogP contribution < -0.4 is 5.32 Å². The van der Waals surface area contributed by atoms with Gasteiger partial charge in [-0.2, -0.15) is 0 Å². The molecule has 0 aromatic heterocycles. The fraction of sp³-hybridized carbons (Fsp3) is 0.412. The third kappa shape index (κ3) is 4.99. The lowest BCUT2D eigenvalue weighted by atomic mass is 10.0. The summed E-state index contributed by atoms with van der Waals surface area (Å²) in [6.07, 6.45) is 2.21. The third-order valence-corrected chi connectivity index (χ3v) is 3.64. The minimum Gasteiger partial charge on any atom is -0.390 e. The van der Waals surface area contributed by atoms with Gasteiger partial charge in [0, 0.05) is 24.0 Å². The highest BCUT2D eigenvalue weighted by atomic mass is 35.5. The van der Waals surface area contributed by atoms with E-state index >= 15 is 0 Å². The lowest BCUT2D eigenvalue weighted by Gasteiger charge is -2.24. The molecular weight excluding hydrogens is 314 g/mol. The number of halogens is 1. The molecule has 1 aromatic carbocycles. The average Bonchev–Trinajstić information content (AvgIpc) is 2.95. The van der Waals surface area contributed by atoms with Crippen molar-refractivity contribution in [3.05, 3.63) is 47.5 Å². The molecule has 1 atom stereocenters. The van der Waals surface area contributed by atoms with E-state index in [1.807, 2.05) is 38.1 Å². The molecule has 5 nitrogen and oxygen atoms in total. The van der Waals surface area contributed by atoms with E-state index in [0.29, 0.717) is 24.5 Å². The van der Waals surface area contributed by atoms with Gasteiger partial charge in [0.25, 0.3) is 0 Å². The molecular formula is C17H22ClN3O2. The van der Waals surface area contributed by atoms with E-state index in [9.17, 15) is 4.79 Å². The molecule has 23 heavy (non-hydrogen) atoms. The predicted octanol–water partition coefficient (Wildman–Crippen LogP) is 3.44. The normalized spacial score (nSPS) is 16.7. The number of urea groups is 1. The van der Waals surface area contributed by atoms with Crippen LogP contribution in [0.1, 0.15) is 25.8 Å². The van der Waals surface area contributed by atoms with Crippen molar-refractivity contribution >= 4 is 23.3 Å². The Morgan fingerprint density at radius 1 is 1.52 bits per heavy atom. The number of carbonyl (C=O) groups is 1. The Balaban J connectivity index is 1.94. The van der Waals surface area contributed by atoms with Crippen LogP contribution in [0, 0.1) is 0 Å². The Morgan fingerprint density at radius 3 is 2.83 bits per heavy atom. The van der Waals surface area contributed by atoms with Crippen LogP contribution in [-0.4, -0.2) is 41.9 Å². The van der Waals surface area contributed by atoms with E-state index in [4.69, 9.17) is 16.4 Å². The van der Waals surface area contributed by atoms with Gasteiger partial charge in [0.15, 0.2) is 6.10 Å². The van der Waals surface area contributed by atoms with Crippen molar-refractivity contribution in [3.8, 4) is 0 Å². The molecule has 6 heteroatoms. The molecule has 0 bridgehead atoms. The Hall–Kier alpha value is -2.01. The van der Waals surface area contributed by atoms with E-state index in [0.717, 1.165) is 11.3 Å². The van der Waals surface area contributed by atoms with Crippen molar-refractivity contribution in [1.82, 2.24) is 10.2 Å². The topological polar surface area (TPSA) is 53.9 Å². The molecule has 0 aliphatic carbocycles. The molecule has 1 aromatic rings. The number of oxime groups is 1. The summed E-state index contributed by atoms with van der Waals surface area (Å²) in [5.41, 5.74) is 1.85. The first-order chi connectivity index (χ1) is 11.0. The molecule has 0 unspecified atom stereocenters. The quantitative estimate of drug-likeness (QED) is 0.810. The van der Waals surface area contributed by atoms with E-state index in [-0.39, 0.29) is 18.2 Å². The third-order valence-electron chi connectivity index (χ3n) is 3.38. The van der Waals surface area contributed by atoms with Gasteiger partial charge in [0.05, 0.1) is 12.3 Å². The molecule has 0 saturated carbocycles. The van der Waals surface area contributed by atoms with Crippen LogP contribution >= 0.6 is 11.6 Å². The molecule has 0 radical (unpaired) electrons. The van der Waals surface area contributed by atoms with Gasteiger partial charge >= 0.3 is 6.03 Å². The van der Waals surface area contributed by atoms with Gasteiger partial charge in [0.1, 0.15) is 0 Å². The molecule has 0 saturated heterocycles. The molecule has 1 heterocycles. The van der Waals surface area contributed by atoms with Gasteiger partial charge in [-0.15, -0.1) is 6.58 Å². The molecule has 2 rings (SSSR count). The Bertz CT molecular complexity index is 584. The van der Waals surface area contributed by atoms with Crippen molar-refractivity contribution in [2.24, 2.45) is 5.16 Å². The van der Waals surface area contributed by atoms with Crippen LogP contribution in [0.5, 0.6) is 0 Å². The van der Waals surface area contributed by atoms with E-state index < -0.39 is 0 Å². The number of carbonyl (C=O) groups excluding carboxylic acids is 1. The number of benzene rings is 1. The zero-order valence-electron chi connectivity index (χ0n) is 13.5. The van der Waals surface area contributed by atoms with Crippen LogP contribution in [0.15, 0.2) is 42.1 Å². The summed E-state index contributed by atoms with van der Waals surface area (Å²) in [4.78, 5) is 19.3. The highest BCUT2D eigenvalue weighted by Gasteiger charge is 2.26. The molecule has 1 N–H and O–H groups in total. The second-order valence-electron chi connectivity index (χ2n) is 5.77. The molecule has 0 fully saturated rings. The summed E-state index contributed by atoms with van der Waals surface area (Å²) in [5, 5.41) is 7.71. The average molecular weight is 336 g/mol. The molecule has 1 aliphatic heterocycles. The highest BCUT2D eigenvalue weighted by Crippen LogP contribution is 2.19. The maximum Gasteiger partial charge on any atom is 0.318 e. The largest absolute Gasteiger partial charge is 0.390 e. The van der Waals surface area contributed by atoms with E-state index in [1.165, 1.54) is 0 Å². The van der Waals surface area contributed by atoms with Crippen molar-refractivity contribution < 1.29 is 9.63 Å². The van der Waals surface area contributed by atoms with Gasteiger partial charge in [-0.05, 0) is 31.5 Å². The summed E-state index contributed by atoms with van der Waals surface area (Å²) in [6, 6.07) is 7.45. The number of rotatable bonds is 6.